The van der Waals surface area contributed by atoms with Crippen molar-refractivity contribution in [3.8, 4) is 0 Å². The molecule has 1 fully saturated rings. The Morgan fingerprint density at radius 2 is 1.74 bits per heavy atom. The highest BCUT2D eigenvalue weighted by Gasteiger charge is 2.49. The van der Waals surface area contributed by atoms with Gasteiger partial charge in [-0.15, -0.1) is 0 Å². The summed E-state index contributed by atoms with van der Waals surface area (Å²) in [7, 11) is 0. The molecule has 2 aliphatic heterocycles. The molecule has 2 heterocycles. The van der Waals surface area contributed by atoms with E-state index in [0.717, 1.165) is 42.3 Å². The second-order valence-electron chi connectivity index (χ2n) is 7.33. The molecule has 5 rings (SSSR count). The summed E-state index contributed by atoms with van der Waals surface area (Å²) in [5.41, 5.74) is 1.26. The lowest BCUT2D eigenvalue weighted by atomic mass is 9.83. The third kappa shape index (κ3) is 2.52. The Labute approximate surface area is 157 Å². The zero-order valence-corrected chi connectivity index (χ0v) is 14.9. The Hall–Kier alpha value is -2.56. The van der Waals surface area contributed by atoms with Crippen molar-refractivity contribution in [2.75, 3.05) is 13.1 Å². The van der Waals surface area contributed by atoms with Crippen LogP contribution >= 0.6 is 0 Å². The topological polar surface area (TPSA) is 38.3 Å². The van der Waals surface area contributed by atoms with E-state index in [1.165, 1.54) is 6.07 Å². The summed E-state index contributed by atoms with van der Waals surface area (Å²) in [6.45, 7) is 1.59. The SMILES string of the molecule is O=C(c1cccc2ccccc12)[C@@H]1OC2(CCNCC2)c2cccc(F)c21. The third-order valence-corrected chi connectivity index (χ3v) is 5.85. The first kappa shape index (κ1) is 16.6. The molecule has 0 aromatic heterocycles. The predicted molar refractivity (Wildman–Crippen MR) is 102 cm³/mol. The molecule has 3 aromatic carbocycles. The number of ether oxygens (including phenoxy) is 1. The van der Waals surface area contributed by atoms with Crippen molar-refractivity contribution < 1.29 is 13.9 Å². The number of ketones is 1. The number of fused-ring (bicyclic) bond motifs is 3. The Morgan fingerprint density at radius 3 is 2.59 bits per heavy atom. The summed E-state index contributed by atoms with van der Waals surface area (Å²) < 4.78 is 21.2. The smallest absolute Gasteiger partial charge is 0.196 e. The molecule has 1 saturated heterocycles. The van der Waals surface area contributed by atoms with Gasteiger partial charge in [-0.1, -0.05) is 54.6 Å². The van der Waals surface area contributed by atoms with Crippen LogP contribution < -0.4 is 5.32 Å². The molecular formula is C23H20FNO2. The van der Waals surface area contributed by atoms with Crippen LogP contribution in [0.3, 0.4) is 0 Å². The molecule has 0 amide bonds. The summed E-state index contributed by atoms with van der Waals surface area (Å²) in [4.78, 5) is 13.5. The van der Waals surface area contributed by atoms with Crippen LogP contribution in [0, 0.1) is 5.82 Å². The van der Waals surface area contributed by atoms with E-state index in [-0.39, 0.29) is 11.6 Å². The maximum Gasteiger partial charge on any atom is 0.196 e. The zero-order valence-electron chi connectivity index (χ0n) is 14.9. The molecule has 4 heteroatoms. The second-order valence-corrected chi connectivity index (χ2v) is 7.33. The van der Waals surface area contributed by atoms with E-state index in [4.69, 9.17) is 4.74 Å². The van der Waals surface area contributed by atoms with E-state index in [1.54, 1.807) is 6.07 Å². The Kier molecular flexibility index (Phi) is 3.85. The maximum absolute atomic E-state index is 14.8. The van der Waals surface area contributed by atoms with Crippen LogP contribution in [0.2, 0.25) is 0 Å². The summed E-state index contributed by atoms with van der Waals surface area (Å²) in [6, 6.07) is 18.5. The number of hydrogen-bond acceptors (Lipinski definition) is 3. The highest BCUT2D eigenvalue weighted by Crippen LogP contribution is 2.50. The minimum Gasteiger partial charge on any atom is -0.354 e. The van der Waals surface area contributed by atoms with Gasteiger partial charge in [0.15, 0.2) is 5.78 Å². The molecule has 0 bridgehead atoms. The van der Waals surface area contributed by atoms with Crippen LogP contribution in [0.1, 0.15) is 40.4 Å². The van der Waals surface area contributed by atoms with E-state index in [9.17, 15) is 9.18 Å². The minimum atomic E-state index is -0.898. The lowest BCUT2D eigenvalue weighted by Gasteiger charge is -2.34. The van der Waals surface area contributed by atoms with Gasteiger partial charge in [0.25, 0.3) is 0 Å². The van der Waals surface area contributed by atoms with E-state index in [0.29, 0.717) is 11.1 Å². The van der Waals surface area contributed by atoms with Gasteiger partial charge in [-0.25, -0.2) is 4.39 Å². The fraction of sp³-hybridized carbons (Fsp3) is 0.261. The Balaban J connectivity index is 1.64. The highest BCUT2D eigenvalue weighted by atomic mass is 19.1. The van der Waals surface area contributed by atoms with Gasteiger partial charge >= 0.3 is 0 Å². The van der Waals surface area contributed by atoms with Crippen molar-refractivity contribution in [1.29, 1.82) is 0 Å². The molecule has 1 atom stereocenters. The van der Waals surface area contributed by atoms with Crippen molar-refractivity contribution in [2.45, 2.75) is 24.5 Å². The standard InChI is InChI=1S/C23H20FNO2/c24-19-10-4-9-18-20(19)22(27-23(18)11-13-25-14-12-23)21(26)17-8-3-6-15-5-1-2-7-16(15)17/h1-10,22,25H,11-14H2/t22-/m1/s1. The first-order valence-electron chi connectivity index (χ1n) is 9.39. The summed E-state index contributed by atoms with van der Waals surface area (Å²) >= 11 is 0. The fourth-order valence-corrected chi connectivity index (χ4v) is 4.53. The number of piperidine rings is 1. The maximum atomic E-state index is 14.8. The quantitative estimate of drug-likeness (QED) is 0.683. The van der Waals surface area contributed by atoms with Crippen LogP contribution in [0.4, 0.5) is 4.39 Å². The minimum absolute atomic E-state index is 0.173. The van der Waals surface area contributed by atoms with Crippen molar-refractivity contribution in [3.05, 3.63) is 83.2 Å². The summed E-state index contributed by atoms with van der Waals surface area (Å²) in [6.07, 6.45) is 0.580. The van der Waals surface area contributed by atoms with Crippen molar-refractivity contribution in [1.82, 2.24) is 5.32 Å². The van der Waals surface area contributed by atoms with Gasteiger partial charge in [-0.2, -0.15) is 0 Å². The fourth-order valence-electron chi connectivity index (χ4n) is 4.53. The van der Waals surface area contributed by atoms with Crippen LogP contribution in [0.25, 0.3) is 10.8 Å². The van der Waals surface area contributed by atoms with Gasteiger partial charge in [0.05, 0.1) is 5.60 Å². The van der Waals surface area contributed by atoms with Crippen molar-refractivity contribution in [3.63, 3.8) is 0 Å². The van der Waals surface area contributed by atoms with Crippen LogP contribution in [-0.2, 0) is 10.3 Å². The molecule has 3 aromatic rings. The van der Waals surface area contributed by atoms with Gasteiger partial charge in [0, 0.05) is 11.1 Å². The van der Waals surface area contributed by atoms with Crippen molar-refractivity contribution >= 4 is 16.6 Å². The van der Waals surface area contributed by atoms with Gasteiger partial charge in [-0.3, -0.25) is 4.79 Å². The first-order chi connectivity index (χ1) is 13.2. The number of Topliss-reactive ketones (excluding diaryl/α,β-unsaturated/α-hetero) is 1. The van der Waals surface area contributed by atoms with E-state index < -0.39 is 11.7 Å². The molecular weight excluding hydrogens is 341 g/mol. The van der Waals surface area contributed by atoms with Gasteiger partial charge in [0.1, 0.15) is 11.9 Å². The monoisotopic (exact) mass is 361 g/mol. The third-order valence-electron chi connectivity index (χ3n) is 5.85. The number of nitrogens with one attached hydrogen (secondary N) is 1. The molecule has 1 N–H and O–H groups in total. The van der Waals surface area contributed by atoms with E-state index in [1.807, 2.05) is 48.5 Å². The number of halogens is 1. The Bertz CT molecular complexity index is 1030. The largest absolute Gasteiger partial charge is 0.354 e. The molecule has 0 unspecified atom stereocenters. The number of benzene rings is 3. The molecule has 0 aliphatic carbocycles. The normalized spacial score (nSPS) is 20.7. The molecule has 136 valence electrons. The average Bonchev–Trinajstić information content (AvgIpc) is 3.03. The molecule has 0 saturated carbocycles. The predicted octanol–water partition coefficient (Wildman–Crippen LogP) is 4.51. The summed E-state index contributed by atoms with van der Waals surface area (Å²) in [5, 5.41) is 5.19. The van der Waals surface area contributed by atoms with Gasteiger partial charge < -0.3 is 10.1 Å². The van der Waals surface area contributed by atoms with Crippen molar-refractivity contribution in [2.24, 2.45) is 0 Å². The number of carbonyl (C=O) groups excluding carboxylic acids is 1. The second kappa shape index (κ2) is 6.25. The average molecular weight is 361 g/mol. The zero-order chi connectivity index (χ0) is 18.4. The lowest BCUT2D eigenvalue weighted by molar-refractivity contribution is -0.0809. The molecule has 1 spiro atoms. The van der Waals surface area contributed by atoms with Crippen LogP contribution in [0.15, 0.2) is 60.7 Å². The molecule has 2 aliphatic rings. The summed E-state index contributed by atoms with van der Waals surface area (Å²) in [5.74, 6) is -0.532. The number of rotatable bonds is 2. The van der Waals surface area contributed by atoms with Crippen LogP contribution in [0.5, 0.6) is 0 Å². The van der Waals surface area contributed by atoms with Gasteiger partial charge in [0.2, 0.25) is 0 Å². The Morgan fingerprint density at radius 1 is 1.00 bits per heavy atom. The van der Waals surface area contributed by atoms with Gasteiger partial charge in [-0.05, 0) is 48.3 Å². The van der Waals surface area contributed by atoms with E-state index in [2.05, 4.69) is 5.32 Å². The molecule has 3 nitrogen and oxygen atoms in total. The lowest BCUT2D eigenvalue weighted by Crippen LogP contribution is -2.40. The number of carbonyl (C=O) groups is 1. The number of hydrogen-bond donors (Lipinski definition) is 1. The van der Waals surface area contributed by atoms with E-state index >= 15 is 0 Å². The molecule has 27 heavy (non-hydrogen) atoms. The highest BCUT2D eigenvalue weighted by molar-refractivity contribution is 6.10. The molecule has 0 radical (unpaired) electrons. The van der Waals surface area contributed by atoms with Crippen LogP contribution in [-0.4, -0.2) is 18.9 Å². The first-order valence-corrected chi connectivity index (χ1v) is 9.39.